The second kappa shape index (κ2) is 12.5. The van der Waals surface area contributed by atoms with Gasteiger partial charge >= 0.3 is 0 Å². The predicted octanol–water partition coefficient (Wildman–Crippen LogP) is 5.35. The number of hydrogen-bond donors (Lipinski definition) is 0. The van der Waals surface area contributed by atoms with Gasteiger partial charge in [0.15, 0.2) is 16.1 Å². The molecule has 0 saturated heterocycles. The van der Waals surface area contributed by atoms with Gasteiger partial charge in [0, 0.05) is 0 Å². The molecule has 0 amide bonds. The van der Waals surface area contributed by atoms with Crippen molar-refractivity contribution >= 4 is 52.5 Å². The molecule has 2 heteroatoms. The fourth-order valence-corrected chi connectivity index (χ4v) is 16.9. The van der Waals surface area contributed by atoms with E-state index >= 15 is 0 Å². The van der Waals surface area contributed by atoms with Gasteiger partial charge in [0.2, 0.25) is 0 Å². The van der Waals surface area contributed by atoms with Crippen LogP contribution >= 0.6 is 0 Å². The molecule has 6 aromatic rings. The SMILES string of the molecule is C1=CC([Si](c2ccccc2)(c2ccccc2)c2ccc([Si](c3ccccc3)(c3ccccc3)c3ccccc3)cc2)=CCC1. The first-order chi connectivity index (χ1) is 21.8. The summed E-state index contributed by atoms with van der Waals surface area (Å²) in [5.41, 5.74) is 0. The summed E-state index contributed by atoms with van der Waals surface area (Å²) >= 11 is 0. The van der Waals surface area contributed by atoms with E-state index in [1.165, 1.54) is 41.5 Å². The van der Waals surface area contributed by atoms with E-state index in [0.29, 0.717) is 0 Å². The zero-order valence-electron chi connectivity index (χ0n) is 24.9. The second-order valence-corrected chi connectivity index (χ2v) is 19.2. The quantitative estimate of drug-likeness (QED) is 0.164. The zero-order chi connectivity index (χ0) is 29.7. The minimum absolute atomic E-state index is 1.09. The van der Waals surface area contributed by atoms with Gasteiger partial charge in [-0.25, -0.2) is 0 Å². The molecule has 1 aliphatic carbocycles. The smallest absolute Gasteiger partial charge is 0.0843 e. The van der Waals surface area contributed by atoms with Gasteiger partial charge in [0.1, 0.15) is 0 Å². The summed E-state index contributed by atoms with van der Waals surface area (Å²) in [6.07, 6.45) is 9.49. The number of allylic oxidation sites excluding steroid dienone is 4. The van der Waals surface area contributed by atoms with Crippen LogP contribution in [0.15, 0.2) is 199 Å². The van der Waals surface area contributed by atoms with E-state index in [-0.39, 0.29) is 0 Å². The normalized spacial score (nSPS) is 13.3. The monoisotopic (exact) mass is 596 g/mol. The summed E-state index contributed by atoms with van der Waals surface area (Å²) in [6.45, 7) is 0. The van der Waals surface area contributed by atoms with Gasteiger partial charge in [-0.3, -0.25) is 0 Å². The van der Waals surface area contributed by atoms with Crippen LogP contribution in [0.3, 0.4) is 0 Å². The topological polar surface area (TPSA) is 0 Å². The van der Waals surface area contributed by atoms with Crippen molar-refractivity contribution < 1.29 is 0 Å². The van der Waals surface area contributed by atoms with Gasteiger partial charge in [-0.15, -0.1) is 0 Å². The zero-order valence-corrected chi connectivity index (χ0v) is 26.9. The average molecular weight is 597 g/mol. The molecule has 0 heterocycles. The third kappa shape index (κ3) is 4.77. The lowest BCUT2D eigenvalue weighted by Crippen LogP contribution is -2.75. The molecule has 0 saturated carbocycles. The third-order valence-corrected chi connectivity index (χ3v) is 18.8. The van der Waals surface area contributed by atoms with Gasteiger partial charge in [0.25, 0.3) is 0 Å². The lowest BCUT2D eigenvalue weighted by molar-refractivity contribution is 1.03. The van der Waals surface area contributed by atoms with Gasteiger partial charge in [-0.05, 0) is 54.3 Å². The Morgan fingerprint density at radius 1 is 0.295 bits per heavy atom. The summed E-state index contributed by atoms with van der Waals surface area (Å²) in [6, 6.07) is 66.0. The average Bonchev–Trinajstić information content (AvgIpc) is 3.12. The minimum Gasteiger partial charge on any atom is -0.0843 e. The Kier molecular flexibility index (Phi) is 7.94. The van der Waals surface area contributed by atoms with E-state index < -0.39 is 16.1 Å². The molecule has 212 valence electrons. The molecule has 0 radical (unpaired) electrons. The largest absolute Gasteiger partial charge is 0.179 e. The Labute approximate surface area is 263 Å². The maximum Gasteiger partial charge on any atom is 0.179 e. The Hall–Kier alpha value is -4.77. The van der Waals surface area contributed by atoms with Crippen molar-refractivity contribution in [3.63, 3.8) is 0 Å². The van der Waals surface area contributed by atoms with Crippen molar-refractivity contribution in [1.29, 1.82) is 0 Å². The molecule has 0 bridgehead atoms. The molecule has 0 aliphatic heterocycles. The Morgan fingerprint density at radius 2 is 0.591 bits per heavy atom. The van der Waals surface area contributed by atoms with Crippen LogP contribution in [-0.2, 0) is 0 Å². The first-order valence-electron chi connectivity index (χ1n) is 15.6. The van der Waals surface area contributed by atoms with E-state index in [9.17, 15) is 0 Å². The highest BCUT2D eigenvalue weighted by atomic mass is 28.3. The van der Waals surface area contributed by atoms with Crippen LogP contribution in [0.25, 0.3) is 0 Å². The summed E-state index contributed by atoms with van der Waals surface area (Å²) in [4.78, 5) is 0. The fourth-order valence-electron chi connectivity index (χ4n) is 7.30. The number of rotatable bonds is 8. The van der Waals surface area contributed by atoms with Crippen LogP contribution in [0.1, 0.15) is 12.8 Å². The summed E-state index contributed by atoms with van der Waals surface area (Å²) in [5.74, 6) is 0. The maximum atomic E-state index is 2.51. The van der Waals surface area contributed by atoms with Gasteiger partial charge < -0.3 is 0 Å². The lowest BCUT2D eigenvalue weighted by atomic mass is 10.2. The van der Waals surface area contributed by atoms with Crippen LogP contribution in [0.5, 0.6) is 0 Å². The van der Waals surface area contributed by atoms with Gasteiger partial charge in [-0.2, -0.15) is 0 Å². The number of hydrogen-bond acceptors (Lipinski definition) is 0. The molecule has 0 N–H and O–H groups in total. The number of benzene rings is 6. The summed E-state index contributed by atoms with van der Waals surface area (Å²) in [5, 5.41) is 11.4. The molecule has 6 aromatic carbocycles. The van der Waals surface area contributed by atoms with E-state index in [1.54, 1.807) is 0 Å². The molecule has 0 atom stereocenters. The Balaban J connectivity index is 1.51. The molecule has 44 heavy (non-hydrogen) atoms. The van der Waals surface area contributed by atoms with Crippen molar-refractivity contribution in [3.8, 4) is 0 Å². The summed E-state index contributed by atoms with van der Waals surface area (Å²) in [7, 11) is -5.15. The van der Waals surface area contributed by atoms with Crippen LogP contribution in [0, 0.1) is 0 Å². The Morgan fingerprint density at radius 3 is 0.909 bits per heavy atom. The second-order valence-electron chi connectivity index (χ2n) is 11.5. The van der Waals surface area contributed by atoms with E-state index in [2.05, 4.69) is 194 Å². The highest BCUT2D eigenvalue weighted by Crippen LogP contribution is 2.23. The molecule has 0 fully saturated rings. The maximum absolute atomic E-state index is 2.59. The molecule has 0 nitrogen and oxygen atoms in total. The molecular weight excluding hydrogens is 561 g/mol. The van der Waals surface area contributed by atoms with Crippen molar-refractivity contribution in [2.24, 2.45) is 0 Å². The van der Waals surface area contributed by atoms with Crippen LogP contribution < -0.4 is 36.3 Å². The third-order valence-electron chi connectivity index (χ3n) is 9.21. The fraction of sp³-hybridized carbons (Fsp3) is 0.0476. The van der Waals surface area contributed by atoms with Gasteiger partial charge in [-0.1, -0.05) is 194 Å². The molecule has 0 spiro atoms. The first-order valence-corrected chi connectivity index (χ1v) is 19.6. The van der Waals surface area contributed by atoms with Crippen LogP contribution in [0.4, 0.5) is 0 Å². The van der Waals surface area contributed by atoms with E-state index in [4.69, 9.17) is 0 Å². The molecular formula is C42H36Si2. The van der Waals surface area contributed by atoms with Crippen molar-refractivity contribution in [2.45, 2.75) is 12.8 Å². The standard InChI is InChI=1S/C42H36Si2/c1-7-19-35(20-8-1)43(36-21-9-2-10-22-36,37-23-11-3-12-24-37)41-31-33-42(34-32-41)44(38-25-13-4-14-26-38,39-27-15-5-16-28-39)40-29-17-6-18-30-40/h1-5,7-17,19-34H,6,18H2. The predicted molar refractivity (Wildman–Crippen MR) is 194 cm³/mol. The lowest BCUT2D eigenvalue weighted by Gasteiger charge is -2.37. The van der Waals surface area contributed by atoms with Crippen molar-refractivity contribution in [1.82, 2.24) is 0 Å². The van der Waals surface area contributed by atoms with Crippen molar-refractivity contribution in [3.05, 3.63) is 199 Å². The highest BCUT2D eigenvalue weighted by Gasteiger charge is 2.44. The molecule has 0 unspecified atom stereocenters. The Bertz CT molecular complexity index is 1720. The van der Waals surface area contributed by atoms with Crippen LogP contribution in [-0.4, -0.2) is 16.1 Å². The minimum atomic E-state index is -2.59. The van der Waals surface area contributed by atoms with E-state index in [0.717, 1.165) is 12.8 Å². The summed E-state index contributed by atoms with van der Waals surface area (Å²) < 4.78 is 0. The highest BCUT2D eigenvalue weighted by molar-refractivity contribution is 7.20. The van der Waals surface area contributed by atoms with Gasteiger partial charge in [0.05, 0.1) is 0 Å². The van der Waals surface area contributed by atoms with Crippen molar-refractivity contribution in [2.75, 3.05) is 0 Å². The molecule has 7 rings (SSSR count). The molecule has 0 aromatic heterocycles. The first kappa shape index (κ1) is 28.0. The van der Waals surface area contributed by atoms with E-state index in [1.807, 2.05) is 0 Å². The molecule has 1 aliphatic rings. The van der Waals surface area contributed by atoms with Crippen LogP contribution in [0.2, 0.25) is 0 Å².